The van der Waals surface area contributed by atoms with Crippen LogP contribution < -0.4 is 5.73 Å². The van der Waals surface area contributed by atoms with E-state index >= 15 is 0 Å². The number of rotatable bonds is 2. The fourth-order valence-electron chi connectivity index (χ4n) is 1.29. The minimum absolute atomic E-state index is 0.236. The molecule has 0 aliphatic rings. The molecule has 0 fully saturated rings. The molecule has 4 nitrogen and oxygen atoms in total. The van der Waals surface area contributed by atoms with Gasteiger partial charge in [0.1, 0.15) is 5.75 Å². The summed E-state index contributed by atoms with van der Waals surface area (Å²) in [6.07, 6.45) is 1.62. The zero-order valence-corrected chi connectivity index (χ0v) is 7.47. The van der Waals surface area contributed by atoms with Crippen LogP contribution in [0, 0.1) is 0 Å². The van der Waals surface area contributed by atoms with Gasteiger partial charge in [0, 0.05) is 5.56 Å². The molecule has 0 radical (unpaired) electrons. The van der Waals surface area contributed by atoms with Gasteiger partial charge in [-0.2, -0.15) is 0 Å². The van der Waals surface area contributed by atoms with E-state index in [1.165, 1.54) is 0 Å². The number of aromatic nitrogens is 1. The van der Waals surface area contributed by atoms with E-state index in [0.717, 1.165) is 11.1 Å². The van der Waals surface area contributed by atoms with Crippen molar-refractivity contribution >= 4 is 0 Å². The summed E-state index contributed by atoms with van der Waals surface area (Å²) < 4.78 is 4.96. The molecule has 2 rings (SSSR count). The molecule has 0 unspecified atom stereocenters. The van der Waals surface area contributed by atoms with Crippen molar-refractivity contribution in [2.75, 3.05) is 0 Å². The minimum atomic E-state index is 0.236. The van der Waals surface area contributed by atoms with Crippen molar-refractivity contribution in [3.8, 4) is 16.9 Å². The van der Waals surface area contributed by atoms with E-state index < -0.39 is 0 Å². The smallest absolute Gasteiger partial charge is 0.158 e. The Labute approximate surface area is 81.0 Å². The summed E-state index contributed by atoms with van der Waals surface area (Å²) in [5.41, 5.74) is 7.28. The molecule has 0 aliphatic heterocycles. The lowest BCUT2D eigenvalue weighted by Crippen LogP contribution is -1.95. The van der Waals surface area contributed by atoms with Crippen molar-refractivity contribution in [1.82, 2.24) is 5.16 Å². The number of phenols is 1. The molecular formula is C10H10N2O2. The zero-order valence-electron chi connectivity index (χ0n) is 7.47. The molecule has 0 saturated carbocycles. The van der Waals surface area contributed by atoms with Crippen LogP contribution in [0.25, 0.3) is 11.1 Å². The van der Waals surface area contributed by atoms with Crippen LogP contribution in [0.15, 0.2) is 35.0 Å². The van der Waals surface area contributed by atoms with Crippen LogP contribution in [0.2, 0.25) is 0 Å². The first-order valence-corrected chi connectivity index (χ1v) is 4.24. The first-order valence-electron chi connectivity index (χ1n) is 4.24. The highest BCUT2D eigenvalue weighted by Gasteiger charge is 2.07. The molecule has 0 aliphatic carbocycles. The fourth-order valence-corrected chi connectivity index (χ4v) is 1.29. The predicted octanol–water partition coefficient (Wildman–Crippen LogP) is 1.51. The van der Waals surface area contributed by atoms with Gasteiger partial charge in [0.15, 0.2) is 5.76 Å². The second-order valence-electron chi connectivity index (χ2n) is 2.91. The lowest BCUT2D eigenvalue weighted by atomic mass is 10.1. The highest BCUT2D eigenvalue weighted by Crippen LogP contribution is 2.24. The maximum atomic E-state index is 9.12. The van der Waals surface area contributed by atoms with E-state index in [1.54, 1.807) is 30.5 Å². The Balaban J connectivity index is 2.44. The third-order valence-corrected chi connectivity index (χ3v) is 2.01. The minimum Gasteiger partial charge on any atom is -0.508 e. The standard InChI is InChI=1S/C10H10N2O2/c11-5-10-9(6-12-14-10)7-1-3-8(13)4-2-7/h1-4,6,13H,5,11H2. The first-order chi connectivity index (χ1) is 6.81. The third kappa shape index (κ3) is 1.47. The third-order valence-electron chi connectivity index (χ3n) is 2.01. The van der Waals surface area contributed by atoms with Crippen molar-refractivity contribution < 1.29 is 9.63 Å². The largest absolute Gasteiger partial charge is 0.508 e. The summed E-state index contributed by atoms with van der Waals surface area (Å²) in [5.74, 6) is 0.884. The summed E-state index contributed by atoms with van der Waals surface area (Å²) in [5, 5.41) is 12.8. The summed E-state index contributed by atoms with van der Waals surface area (Å²) in [4.78, 5) is 0. The average molecular weight is 190 g/mol. The normalized spacial score (nSPS) is 10.4. The number of hydrogen-bond donors (Lipinski definition) is 2. The van der Waals surface area contributed by atoms with Gasteiger partial charge < -0.3 is 15.4 Å². The van der Waals surface area contributed by atoms with Gasteiger partial charge in [0.2, 0.25) is 0 Å². The number of phenolic OH excluding ortho intramolecular Hbond substituents is 1. The zero-order chi connectivity index (χ0) is 9.97. The number of aromatic hydroxyl groups is 1. The highest BCUT2D eigenvalue weighted by molar-refractivity contribution is 5.65. The Kier molecular flexibility index (Phi) is 2.20. The SMILES string of the molecule is NCc1oncc1-c1ccc(O)cc1. The number of nitrogens with two attached hydrogens (primary N) is 1. The summed E-state index contributed by atoms with van der Waals surface area (Å²) in [6, 6.07) is 6.81. The van der Waals surface area contributed by atoms with Gasteiger partial charge in [-0.3, -0.25) is 0 Å². The van der Waals surface area contributed by atoms with E-state index in [2.05, 4.69) is 5.16 Å². The lowest BCUT2D eigenvalue weighted by Gasteiger charge is -1.98. The Morgan fingerprint density at radius 3 is 2.64 bits per heavy atom. The lowest BCUT2D eigenvalue weighted by molar-refractivity contribution is 0.385. The van der Waals surface area contributed by atoms with Gasteiger partial charge >= 0.3 is 0 Å². The molecule has 1 aromatic carbocycles. The van der Waals surface area contributed by atoms with E-state index in [0.29, 0.717) is 12.3 Å². The predicted molar refractivity (Wildman–Crippen MR) is 51.5 cm³/mol. The molecule has 3 N–H and O–H groups in total. The van der Waals surface area contributed by atoms with Crippen LogP contribution in [-0.4, -0.2) is 10.3 Å². The van der Waals surface area contributed by atoms with Crippen LogP contribution in [0.4, 0.5) is 0 Å². The van der Waals surface area contributed by atoms with Crippen molar-refractivity contribution in [1.29, 1.82) is 0 Å². The average Bonchev–Trinajstić information content (AvgIpc) is 2.67. The second-order valence-corrected chi connectivity index (χ2v) is 2.91. The first kappa shape index (κ1) is 8.77. The molecule has 1 aromatic heterocycles. The van der Waals surface area contributed by atoms with E-state index in [4.69, 9.17) is 15.4 Å². The monoisotopic (exact) mass is 190 g/mol. The Hall–Kier alpha value is -1.81. The van der Waals surface area contributed by atoms with Crippen LogP contribution in [-0.2, 0) is 6.54 Å². The molecule has 0 bridgehead atoms. The van der Waals surface area contributed by atoms with Gasteiger partial charge in [-0.1, -0.05) is 17.3 Å². The van der Waals surface area contributed by atoms with E-state index in [-0.39, 0.29) is 5.75 Å². The van der Waals surface area contributed by atoms with E-state index in [1.807, 2.05) is 0 Å². The molecule has 0 amide bonds. The summed E-state index contributed by atoms with van der Waals surface area (Å²) >= 11 is 0. The van der Waals surface area contributed by atoms with Crippen LogP contribution in [0.5, 0.6) is 5.75 Å². The van der Waals surface area contributed by atoms with Gasteiger partial charge in [0.05, 0.1) is 12.7 Å². The van der Waals surface area contributed by atoms with Crippen LogP contribution >= 0.6 is 0 Å². The molecule has 14 heavy (non-hydrogen) atoms. The maximum Gasteiger partial charge on any atom is 0.158 e. The Bertz CT molecular complexity index is 420. The summed E-state index contributed by atoms with van der Waals surface area (Å²) in [7, 11) is 0. The quantitative estimate of drug-likeness (QED) is 0.752. The Morgan fingerprint density at radius 1 is 1.29 bits per heavy atom. The van der Waals surface area contributed by atoms with Gasteiger partial charge in [0.25, 0.3) is 0 Å². The molecule has 0 spiro atoms. The van der Waals surface area contributed by atoms with Crippen molar-refractivity contribution in [3.05, 3.63) is 36.2 Å². The molecule has 2 aromatic rings. The topological polar surface area (TPSA) is 72.3 Å². The van der Waals surface area contributed by atoms with Crippen LogP contribution in [0.1, 0.15) is 5.76 Å². The Morgan fingerprint density at radius 2 is 2.00 bits per heavy atom. The molecule has 72 valence electrons. The van der Waals surface area contributed by atoms with Crippen molar-refractivity contribution in [2.24, 2.45) is 5.73 Å². The van der Waals surface area contributed by atoms with E-state index in [9.17, 15) is 0 Å². The van der Waals surface area contributed by atoms with Crippen molar-refractivity contribution in [3.63, 3.8) is 0 Å². The fraction of sp³-hybridized carbons (Fsp3) is 0.100. The van der Waals surface area contributed by atoms with Crippen molar-refractivity contribution in [2.45, 2.75) is 6.54 Å². The van der Waals surface area contributed by atoms with Crippen LogP contribution in [0.3, 0.4) is 0 Å². The molecule has 0 saturated heterocycles. The number of benzene rings is 1. The summed E-state index contributed by atoms with van der Waals surface area (Å²) in [6.45, 7) is 0.316. The second kappa shape index (κ2) is 3.51. The maximum absolute atomic E-state index is 9.12. The van der Waals surface area contributed by atoms with Gasteiger partial charge in [-0.05, 0) is 17.7 Å². The molecule has 0 atom stereocenters. The highest BCUT2D eigenvalue weighted by atomic mass is 16.5. The molecule has 1 heterocycles. The number of hydrogen-bond acceptors (Lipinski definition) is 4. The molecular weight excluding hydrogens is 180 g/mol. The van der Waals surface area contributed by atoms with Gasteiger partial charge in [-0.25, -0.2) is 0 Å². The molecule has 4 heteroatoms. The number of nitrogens with zero attached hydrogens (tertiary/aromatic N) is 1. The van der Waals surface area contributed by atoms with Gasteiger partial charge in [-0.15, -0.1) is 0 Å².